The van der Waals surface area contributed by atoms with Crippen molar-refractivity contribution in [2.75, 3.05) is 85.0 Å². The van der Waals surface area contributed by atoms with Crippen LogP contribution in [-0.4, -0.2) is 85.3 Å². The third-order valence-electron chi connectivity index (χ3n) is 3.81. The molecule has 31 heavy (non-hydrogen) atoms. The van der Waals surface area contributed by atoms with Gasteiger partial charge in [0.15, 0.2) is 0 Å². The SMILES string of the molecule is CCCC(=O)OCCOCCOCCOCCOCCOCCOc1ccc(N)cc1. The van der Waals surface area contributed by atoms with Crippen molar-refractivity contribution < 1.29 is 38.0 Å². The van der Waals surface area contributed by atoms with Crippen molar-refractivity contribution in [3.05, 3.63) is 24.3 Å². The maximum atomic E-state index is 11.1. The predicted octanol–water partition coefficient (Wildman–Crippen LogP) is 2.07. The van der Waals surface area contributed by atoms with Crippen molar-refractivity contribution in [3.63, 3.8) is 0 Å². The van der Waals surface area contributed by atoms with E-state index in [1.54, 1.807) is 12.1 Å². The third kappa shape index (κ3) is 17.5. The highest BCUT2D eigenvalue weighted by molar-refractivity contribution is 5.69. The maximum absolute atomic E-state index is 11.1. The van der Waals surface area contributed by atoms with Gasteiger partial charge in [0.1, 0.15) is 19.0 Å². The van der Waals surface area contributed by atoms with E-state index < -0.39 is 0 Å². The smallest absolute Gasteiger partial charge is 0.305 e. The molecule has 1 aromatic rings. The molecule has 0 aliphatic heterocycles. The summed E-state index contributed by atoms with van der Waals surface area (Å²) in [5.41, 5.74) is 6.32. The number of anilines is 1. The summed E-state index contributed by atoms with van der Waals surface area (Å²) in [7, 11) is 0. The molecule has 0 amide bonds. The highest BCUT2D eigenvalue weighted by atomic mass is 16.6. The summed E-state index contributed by atoms with van der Waals surface area (Å²) in [5.74, 6) is 0.587. The van der Waals surface area contributed by atoms with Gasteiger partial charge in [0.25, 0.3) is 0 Å². The second-order valence-electron chi connectivity index (χ2n) is 6.45. The Balaban J connectivity index is 1.71. The summed E-state index contributed by atoms with van der Waals surface area (Å²) >= 11 is 0. The van der Waals surface area contributed by atoms with Crippen molar-refractivity contribution in [1.29, 1.82) is 0 Å². The van der Waals surface area contributed by atoms with Crippen molar-refractivity contribution in [1.82, 2.24) is 0 Å². The van der Waals surface area contributed by atoms with Crippen molar-refractivity contribution in [3.8, 4) is 5.75 Å². The zero-order valence-corrected chi connectivity index (χ0v) is 18.6. The van der Waals surface area contributed by atoms with E-state index in [2.05, 4.69) is 0 Å². The molecule has 0 unspecified atom stereocenters. The van der Waals surface area contributed by atoms with Crippen LogP contribution in [0.2, 0.25) is 0 Å². The first kappa shape index (κ1) is 27.1. The van der Waals surface area contributed by atoms with Gasteiger partial charge >= 0.3 is 5.97 Å². The minimum Gasteiger partial charge on any atom is -0.491 e. The fourth-order valence-electron chi connectivity index (χ4n) is 2.25. The number of nitrogens with two attached hydrogens (primary N) is 1. The van der Waals surface area contributed by atoms with Crippen LogP contribution in [0.25, 0.3) is 0 Å². The Morgan fingerprint density at radius 3 is 1.55 bits per heavy atom. The lowest BCUT2D eigenvalue weighted by Crippen LogP contribution is -2.15. The van der Waals surface area contributed by atoms with Crippen LogP contribution in [0, 0.1) is 0 Å². The highest BCUT2D eigenvalue weighted by Gasteiger charge is 2.00. The van der Waals surface area contributed by atoms with Crippen LogP contribution in [0.4, 0.5) is 5.69 Å². The van der Waals surface area contributed by atoms with E-state index in [0.29, 0.717) is 84.8 Å². The molecule has 0 aliphatic carbocycles. The number of hydrogen-bond acceptors (Lipinski definition) is 9. The lowest BCUT2D eigenvalue weighted by atomic mass is 10.3. The van der Waals surface area contributed by atoms with E-state index >= 15 is 0 Å². The summed E-state index contributed by atoms with van der Waals surface area (Å²) in [6, 6.07) is 7.25. The monoisotopic (exact) mass is 443 g/mol. The minimum absolute atomic E-state index is 0.184. The molecule has 1 aromatic carbocycles. The van der Waals surface area contributed by atoms with Crippen LogP contribution in [0.5, 0.6) is 5.75 Å². The van der Waals surface area contributed by atoms with E-state index in [1.165, 1.54) is 0 Å². The first-order chi connectivity index (χ1) is 15.2. The number of nitrogen functional groups attached to an aromatic ring is 1. The summed E-state index contributed by atoms with van der Waals surface area (Å²) < 4.78 is 37.5. The normalized spacial score (nSPS) is 10.9. The Hall–Kier alpha value is -1.91. The first-order valence-electron chi connectivity index (χ1n) is 10.7. The summed E-state index contributed by atoms with van der Waals surface area (Å²) in [4.78, 5) is 11.1. The topological polar surface area (TPSA) is 108 Å². The number of carbonyl (C=O) groups excluding carboxylic acids is 1. The lowest BCUT2D eigenvalue weighted by molar-refractivity contribution is -0.145. The van der Waals surface area contributed by atoms with Crippen LogP contribution >= 0.6 is 0 Å². The van der Waals surface area contributed by atoms with Gasteiger partial charge in [0.2, 0.25) is 0 Å². The molecular formula is C22H37NO8. The molecule has 0 saturated heterocycles. The molecule has 2 N–H and O–H groups in total. The fourth-order valence-corrected chi connectivity index (χ4v) is 2.25. The first-order valence-corrected chi connectivity index (χ1v) is 10.7. The van der Waals surface area contributed by atoms with E-state index in [9.17, 15) is 4.79 Å². The Morgan fingerprint density at radius 2 is 1.10 bits per heavy atom. The van der Waals surface area contributed by atoms with Gasteiger partial charge in [-0.2, -0.15) is 0 Å². The molecule has 0 radical (unpaired) electrons. The zero-order chi connectivity index (χ0) is 22.4. The fraction of sp³-hybridized carbons (Fsp3) is 0.682. The standard InChI is InChI=1S/C22H37NO8/c1-2-3-22(24)31-19-17-29-15-13-27-11-9-25-8-10-26-12-14-28-16-18-30-21-6-4-20(23)5-7-21/h4-7H,2-3,8-19,23H2,1H3. The van der Waals surface area contributed by atoms with Gasteiger partial charge in [-0.1, -0.05) is 6.92 Å². The maximum Gasteiger partial charge on any atom is 0.305 e. The number of hydrogen-bond donors (Lipinski definition) is 1. The van der Waals surface area contributed by atoms with E-state index in [-0.39, 0.29) is 12.6 Å². The molecule has 0 atom stereocenters. The quantitative estimate of drug-likeness (QED) is 0.173. The van der Waals surface area contributed by atoms with Crippen molar-refractivity contribution in [2.24, 2.45) is 0 Å². The van der Waals surface area contributed by atoms with Gasteiger partial charge in [-0.25, -0.2) is 0 Å². The average molecular weight is 444 g/mol. The zero-order valence-electron chi connectivity index (χ0n) is 18.6. The Labute approximate surface area is 185 Å². The molecular weight excluding hydrogens is 406 g/mol. The summed E-state index contributed by atoms with van der Waals surface area (Å²) in [5, 5.41) is 0. The average Bonchev–Trinajstić information content (AvgIpc) is 2.76. The number of carbonyl (C=O) groups is 1. The molecule has 0 aromatic heterocycles. The van der Waals surface area contributed by atoms with E-state index in [1.807, 2.05) is 19.1 Å². The molecule has 0 saturated carbocycles. The number of esters is 1. The summed E-state index contributed by atoms with van der Waals surface area (Å²) in [6.07, 6.45) is 1.24. The van der Waals surface area contributed by atoms with Crippen LogP contribution in [-0.2, 0) is 33.2 Å². The lowest BCUT2D eigenvalue weighted by Gasteiger charge is -2.09. The molecule has 9 nitrogen and oxygen atoms in total. The third-order valence-corrected chi connectivity index (χ3v) is 3.81. The molecule has 0 spiro atoms. The van der Waals surface area contributed by atoms with Crippen LogP contribution < -0.4 is 10.5 Å². The molecule has 9 heteroatoms. The second-order valence-corrected chi connectivity index (χ2v) is 6.45. The van der Waals surface area contributed by atoms with Gasteiger partial charge in [-0.3, -0.25) is 4.79 Å². The van der Waals surface area contributed by atoms with Crippen LogP contribution in [0.1, 0.15) is 19.8 Å². The van der Waals surface area contributed by atoms with Crippen molar-refractivity contribution in [2.45, 2.75) is 19.8 Å². The predicted molar refractivity (Wildman–Crippen MR) is 116 cm³/mol. The van der Waals surface area contributed by atoms with Gasteiger partial charge in [-0.15, -0.1) is 0 Å². The summed E-state index contributed by atoms with van der Waals surface area (Å²) in [6.45, 7) is 7.51. The van der Waals surface area contributed by atoms with E-state index in [4.69, 9.17) is 38.9 Å². The van der Waals surface area contributed by atoms with Crippen molar-refractivity contribution >= 4 is 11.7 Å². The molecule has 178 valence electrons. The number of benzene rings is 1. The van der Waals surface area contributed by atoms with Gasteiger partial charge < -0.3 is 38.9 Å². The Kier molecular flexibility index (Phi) is 17.5. The molecule has 0 heterocycles. The molecule has 1 rings (SSSR count). The molecule has 0 aliphatic rings. The van der Waals surface area contributed by atoms with Gasteiger partial charge in [0.05, 0.1) is 66.1 Å². The molecule has 0 fully saturated rings. The Morgan fingerprint density at radius 1 is 0.677 bits per heavy atom. The van der Waals surface area contributed by atoms with Crippen LogP contribution in [0.3, 0.4) is 0 Å². The molecule has 0 bridgehead atoms. The van der Waals surface area contributed by atoms with E-state index in [0.717, 1.165) is 12.2 Å². The van der Waals surface area contributed by atoms with Crippen LogP contribution in [0.15, 0.2) is 24.3 Å². The number of rotatable bonds is 21. The van der Waals surface area contributed by atoms with Gasteiger partial charge in [-0.05, 0) is 30.7 Å². The Bertz CT molecular complexity index is 541. The van der Waals surface area contributed by atoms with Gasteiger partial charge in [0, 0.05) is 12.1 Å². The number of ether oxygens (including phenoxy) is 7. The largest absolute Gasteiger partial charge is 0.491 e. The minimum atomic E-state index is -0.184. The second kappa shape index (κ2) is 20.0. The highest BCUT2D eigenvalue weighted by Crippen LogP contribution is 2.12.